The fraction of sp³-hybridized carbons (Fsp3) is 0.0800. The van der Waals surface area contributed by atoms with E-state index in [4.69, 9.17) is 0 Å². The Bertz CT molecular complexity index is 1230. The van der Waals surface area contributed by atoms with Crippen LogP contribution in [0.25, 0.3) is 10.9 Å². The third-order valence-electron chi connectivity index (χ3n) is 4.63. The topological polar surface area (TPSA) is 32.9 Å². The highest BCUT2D eigenvalue weighted by Crippen LogP contribution is 2.15. The lowest BCUT2D eigenvalue weighted by molar-refractivity contribution is 1.14. The highest BCUT2D eigenvalue weighted by molar-refractivity contribution is 9.10. The van der Waals surface area contributed by atoms with Gasteiger partial charge in [-0.2, -0.15) is 0 Å². The lowest BCUT2D eigenvalue weighted by Crippen LogP contribution is -2.10. The van der Waals surface area contributed by atoms with Crippen molar-refractivity contribution in [1.82, 2.24) is 4.98 Å². The van der Waals surface area contributed by atoms with Gasteiger partial charge in [-0.25, -0.2) is 0 Å². The Morgan fingerprint density at radius 2 is 1.68 bits per heavy atom. The SMILES string of the molecule is O=c1c(Cc2ccc(Br)cc2)c[nH]c2ccc(C#CCc3ccccc3)cc12. The molecule has 0 bridgehead atoms. The smallest absolute Gasteiger partial charge is 0.192 e. The maximum Gasteiger partial charge on any atom is 0.192 e. The number of H-pyrrole nitrogens is 1. The largest absolute Gasteiger partial charge is 0.361 e. The Balaban J connectivity index is 1.62. The second-order valence-corrected chi connectivity index (χ2v) is 7.59. The Morgan fingerprint density at radius 3 is 2.46 bits per heavy atom. The van der Waals surface area contributed by atoms with E-state index in [0.717, 1.165) is 26.7 Å². The highest BCUT2D eigenvalue weighted by Gasteiger charge is 2.07. The first kappa shape index (κ1) is 18.3. The number of nitrogens with one attached hydrogen (secondary N) is 1. The minimum absolute atomic E-state index is 0.0587. The molecule has 0 unspecified atom stereocenters. The lowest BCUT2D eigenvalue weighted by Gasteiger charge is -2.05. The third kappa shape index (κ3) is 4.24. The lowest BCUT2D eigenvalue weighted by atomic mass is 10.0. The molecular formula is C25H18BrNO. The van der Waals surface area contributed by atoms with Gasteiger partial charge in [0.05, 0.1) is 0 Å². The summed E-state index contributed by atoms with van der Waals surface area (Å²) in [6, 6.07) is 23.9. The zero-order chi connectivity index (χ0) is 19.3. The van der Waals surface area contributed by atoms with E-state index in [1.165, 1.54) is 5.56 Å². The van der Waals surface area contributed by atoms with E-state index < -0.39 is 0 Å². The molecule has 4 aromatic rings. The minimum atomic E-state index is 0.0587. The van der Waals surface area contributed by atoms with Crippen molar-refractivity contribution >= 4 is 26.8 Å². The summed E-state index contributed by atoms with van der Waals surface area (Å²) in [5, 5.41) is 0.682. The number of fused-ring (bicyclic) bond motifs is 1. The molecule has 0 saturated carbocycles. The van der Waals surface area contributed by atoms with Crippen LogP contribution in [0.2, 0.25) is 0 Å². The van der Waals surface area contributed by atoms with Gasteiger partial charge < -0.3 is 4.98 Å². The number of benzene rings is 3. The van der Waals surface area contributed by atoms with Gasteiger partial charge in [-0.15, -0.1) is 0 Å². The molecule has 0 fully saturated rings. The van der Waals surface area contributed by atoms with Gasteiger partial charge in [0.15, 0.2) is 5.43 Å². The second kappa shape index (κ2) is 8.29. The van der Waals surface area contributed by atoms with Crippen molar-refractivity contribution in [2.45, 2.75) is 12.8 Å². The van der Waals surface area contributed by atoms with Crippen LogP contribution < -0.4 is 5.43 Å². The molecular weight excluding hydrogens is 410 g/mol. The molecule has 0 radical (unpaired) electrons. The van der Waals surface area contributed by atoms with Crippen LogP contribution in [0.5, 0.6) is 0 Å². The summed E-state index contributed by atoms with van der Waals surface area (Å²) in [4.78, 5) is 16.2. The summed E-state index contributed by atoms with van der Waals surface area (Å²) in [6.45, 7) is 0. The summed E-state index contributed by atoms with van der Waals surface area (Å²) >= 11 is 3.44. The first-order valence-electron chi connectivity index (χ1n) is 9.10. The van der Waals surface area contributed by atoms with Crippen molar-refractivity contribution in [1.29, 1.82) is 0 Å². The molecule has 3 aromatic carbocycles. The van der Waals surface area contributed by atoms with E-state index in [0.29, 0.717) is 18.2 Å². The van der Waals surface area contributed by atoms with Crippen LogP contribution in [-0.4, -0.2) is 4.98 Å². The predicted molar refractivity (Wildman–Crippen MR) is 119 cm³/mol. The number of halogens is 1. The Kier molecular flexibility index (Phi) is 5.41. The molecule has 0 atom stereocenters. The van der Waals surface area contributed by atoms with Gasteiger partial charge in [0.25, 0.3) is 0 Å². The van der Waals surface area contributed by atoms with Crippen LogP contribution in [0, 0.1) is 11.8 Å². The number of hydrogen-bond acceptors (Lipinski definition) is 1. The number of aromatic amines is 1. The van der Waals surface area contributed by atoms with Gasteiger partial charge >= 0.3 is 0 Å². The predicted octanol–water partition coefficient (Wildman–Crippen LogP) is 5.48. The molecule has 0 saturated heterocycles. The van der Waals surface area contributed by atoms with Crippen molar-refractivity contribution in [3.63, 3.8) is 0 Å². The highest BCUT2D eigenvalue weighted by atomic mass is 79.9. The summed E-state index contributed by atoms with van der Waals surface area (Å²) < 4.78 is 1.03. The zero-order valence-corrected chi connectivity index (χ0v) is 16.8. The summed E-state index contributed by atoms with van der Waals surface area (Å²) in [6.07, 6.45) is 3.11. The van der Waals surface area contributed by atoms with E-state index in [1.54, 1.807) is 0 Å². The molecule has 2 nitrogen and oxygen atoms in total. The van der Waals surface area contributed by atoms with Gasteiger partial charge in [-0.1, -0.05) is 70.2 Å². The van der Waals surface area contributed by atoms with Crippen LogP contribution >= 0.6 is 15.9 Å². The van der Waals surface area contributed by atoms with Crippen molar-refractivity contribution in [2.75, 3.05) is 0 Å². The van der Waals surface area contributed by atoms with Crippen molar-refractivity contribution in [3.05, 3.63) is 116 Å². The molecule has 28 heavy (non-hydrogen) atoms. The number of aromatic nitrogens is 1. The van der Waals surface area contributed by atoms with E-state index in [2.05, 4.69) is 44.9 Å². The van der Waals surface area contributed by atoms with Crippen molar-refractivity contribution in [2.24, 2.45) is 0 Å². The quantitative estimate of drug-likeness (QED) is 0.431. The number of rotatable bonds is 3. The van der Waals surface area contributed by atoms with E-state index in [1.807, 2.05) is 66.9 Å². The molecule has 0 spiro atoms. The number of pyridine rings is 1. The van der Waals surface area contributed by atoms with Crippen LogP contribution in [0.3, 0.4) is 0 Å². The molecule has 3 heteroatoms. The minimum Gasteiger partial charge on any atom is -0.361 e. The molecule has 0 amide bonds. The van der Waals surface area contributed by atoms with E-state index in [9.17, 15) is 4.79 Å². The zero-order valence-electron chi connectivity index (χ0n) is 15.2. The fourth-order valence-corrected chi connectivity index (χ4v) is 3.40. The van der Waals surface area contributed by atoms with E-state index in [-0.39, 0.29) is 5.43 Å². The molecule has 0 aliphatic heterocycles. The second-order valence-electron chi connectivity index (χ2n) is 6.67. The summed E-state index contributed by atoms with van der Waals surface area (Å²) in [5.74, 6) is 6.38. The van der Waals surface area contributed by atoms with Crippen LogP contribution in [0.15, 0.2) is 88.3 Å². The maximum absolute atomic E-state index is 13.0. The molecule has 136 valence electrons. The van der Waals surface area contributed by atoms with Gasteiger partial charge in [0.1, 0.15) is 0 Å². The van der Waals surface area contributed by atoms with Crippen LogP contribution in [0.1, 0.15) is 22.3 Å². The first-order chi connectivity index (χ1) is 13.7. The molecule has 1 aromatic heterocycles. The molecule has 1 N–H and O–H groups in total. The van der Waals surface area contributed by atoms with Crippen LogP contribution in [0.4, 0.5) is 0 Å². The fourth-order valence-electron chi connectivity index (χ4n) is 3.14. The summed E-state index contributed by atoms with van der Waals surface area (Å²) in [5.41, 5.74) is 4.79. The van der Waals surface area contributed by atoms with Gasteiger partial charge in [0.2, 0.25) is 0 Å². The Labute approximate surface area is 172 Å². The van der Waals surface area contributed by atoms with Crippen molar-refractivity contribution in [3.8, 4) is 11.8 Å². The number of hydrogen-bond donors (Lipinski definition) is 1. The third-order valence-corrected chi connectivity index (χ3v) is 5.16. The van der Waals surface area contributed by atoms with Gasteiger partial charge in [-0.05, 0) is 41.5 Å². The normalized spacial score (nSPS) is 10.5. The monoisotopic (exact) mass is 427 g/mol. The average Bonchev–Trinajstić information content (AvgIpc) is 2.73. The first-order valence-corrected chi connectivity index (χ1v) is 9.90. The maximum atomic E-state index is 13.0. The van der Waals surface area contributed by atoms with Gasteiger partial charge in [-0.3, -0.25) is 4.79 Å². The molecule has 0 aliphatic carbocycles. The van der Waals surface area contributed by atoms with Crippen LogP contribution in [-0.2, 0) is 12.8 Å². The standard InChI is InChI=1S/C25H18BrNO/c26-22-12-9-20(10-13-22)15-21-17-27-24-14-11-19(16-23(24)25(21)28)8-4-7-18-5-2-1-3-6-18/h1-3,5-6,9-14,16-17H,7,15H2,(H,27,28). The molecule has 1 heterocycles. The molecule has 4 rings (SSSR count). The Morgan fingerprint density at radius 1 is 0.893 bits per heavy atom. The van der Waals surface area contributed by atoms with E-state index >= 15 is 0 Å². The van der Waals surface area contributed by atoms with Crippen molar-refractivity contribution < 1.29 is 0 Å². The average molecular weight is 428 g/mol. The Hall–Kier alpha value is -3.09. The molecule has 0 aliphatic rings. The summed E-state index contributed by atoms with van der Waals surface area (Å²) in [7, 11) is 0. The van der Waals surface area contributed by atoms with Gasteiger partial charge in [0, 0.05) is 45.5 Å².